The molecule has 0 spiro atoms. The molecule has 0 aliphatic carbocycles. The number of aryl methyl sites for hydroxylation is 1. The fourth-order valence-corrected chi connectivity index (χ4v) is 2.79. The Morgan fingerprint density at radius 1 is 1.24 bits per heavy atom. The van der Waals surface area contributed by atoms with Gasteiger partial charge in [-0.3, -0.25) is 4.68 Å². The van der Waals surface area contributed by atoms with E-state index in [1.54, 1.807) is 0 Å². The van der Waals surface area contributed by atoms with Gasteiger partial charge in [-0.2, -0.15) is 5.10 Å². The van der Waals surface area contributed by atoms with E-state index >= 15 is 0 Å². The summed E-state index contributed by atoms with van der Waals surface area (Å²) in [6.07, 6.45) is 4.26. The van der Waals surface area contributed by atoms with Gasteiger partial charge in [-0.15, -0.1) is 0 Å². The first-order chi connectivity index (χ1) is 10.2. The molecule has 1 atom stereocenters. The van der Waals surface area contributed by atoms with Gasteiger partial charge in [-0.25, -0.2) is 0 Å². The highest BCUT2D eigenvalue weighted by Gasteiger charge is 2.12. The first-order valence-electron chi connectivity index (χ1n) is 8.07. The van der Waals surface area contributed by atoms with Crippen molar-refractivity contribution >= 4 is 0 Å². The predicted octanol–water partition coefficient (Wildman–Crippen LogP) is 4.33. The molecule has 0 aliphatic heterocycles. The average molecular weight is 285 g/mol. The van der Waals surface area contributed by atoms with Crippen LogP contribution in [-0.4, -0.2) is 16.3 Å². The molecule has 0 radical (unpaired) electrons. The molecule has 2 aromatic rings. The summed E-state index contributed by atoms with van der Waals surface area (Å²) in [5, 5.41) is 8.08. The van der Waals surface area contributed by atoms with Crippen LogP contribution in [0, 0.1) is 6.92 Å². The molecule has 0 aliphatic rings. The second kappa shape index (κ2) is 7.41. The van der Waals surface area contributed by atoms with Gasteiger partial charge < -0.3 is 5.32 Å². The zero-order valence-corrected chi connectivity index (χ0v) is 13.7. The quantitative estimate of drug-likeness (QED) is 0.820. The van der Waals surface area contributed by atoms with E-state index in [1.807, 2.05) is 6.20 Å². The van der Waals surface area contributed by atoms with Gasteiger partial charge in [0.25, 0.3) is 0 Å². The van der Waals surface area contributed by atoms with E-state index in [9.17, 15) is 0 Å². The van der Waals surface area contributed by atoms with Crippen LogP contribution >= 0.6 is 0 Å². The van der Waals surface area contributed by atoms with Gasteiger partial charge >= 0.3 is 0 Å². The molecular formula is C18H27N3. The van der Waals surface area contributed by atoms with Gasteiger partial charge in [-0.1, -0.05) is 32.0 Å². The minimum Gasteiger partial charge on any atom is -0.310 e. The zero-order valence-electron chi connectivity index (χ0n) is 13.7. The predicted molar refractivity (Wildman–Crippen MR) is 89.4 cm³/mol. The largest absolute Gasteiger partial charge is 0.310 e. The fraction of sp³-hybridized carbons (Fsp3) is 0.500. The summed E-state index contributed by atoms with van der Waals surface area (Å²) >= 11 is 0. The van der Waals surface area contributed by atoms with Crippen molar-refractivity contribution in [3.05, 3.63) is 41.7 Å². The molecule has 3 nitrogen and oxygen atoms in total. The molecule has 0 bridgehead atoms. The number of hydrogen-bond acceptors (Lipinski definition) is 2. The average Bonchev–Trinajstić information content (AvgIpc) is 2.89. The molecule has 114 valence electrons. The maximum atomic E-state index is 4.46. The summed E-state index contributed by atoms with van der Waals surface area (Å²) < 4.78 is 2.05. The summed E-state index contributed by atoms with van der Waals surface area (Å²) in [6, 6.07) is 9.30. The van der Waals surface area contributed by atoms with E-state index in [4.69, 9.17) is 0 Å². The normalized spacial score (nSPS) is 12.6. The molecule has 0 saturated heterocycles. The second-order valence-electron chi connectivity index (χ2n) is 5.50. The Hall–Kier alpha value is -1.61. The topological polar surface area (TPSA) is 29.9 Å². The summed E-state index contributed by atoms with van der Waals surface area (Å²) in [4.78, 5) is 0. The Bertz CT molecular complexity index is 572. The van der Waals surface area contributed by atoms with Gasteiger partial charge in [0.15, 0.2) is 0 Å². The highest BCUT2D eigenvalue weighted by atomic mass is 15.3. The van der Waals surface area contributed by atoms with E-state index in [0.29, 0.717) is 6.04 Å². The number of benzene rings is 1. The van der Waals surface area contributed by atoms with Crippen LogP contribution in [0.1, 0.15) is 50.9 Å². The molecule has 1 aromatic heterocycles. The van der Waals surface area contributed by atoms with E-state index < -0.39 is 0 Å². The lowest BCUT2D eigenvalue weighted by Gasteiger charge is -2.18. The van der Waals surface area contributed by atoms with Crippen LogP contribution in [0.25, 0.3) is 11.1 Å². The molecular weight excluding hydrogens is 258 g/mol. The number of rotatable bonds is 7. The molecule has 3 heteroatoms. The van der Waals surface area contributed by atoms with Crippen molar-refractivity contribution < 1.29 is 0 Å². The first kappa shape index (κ1) is 15.8. The monoisotopic (exact) mass is 285 g/mol. The Morgan fingerprint density at radius 2 is 2.05 bits per heavy atom. The molecule has 1 aromatic carbocycles. The Morgan fingerprint density at radius 3 is 2.67 bits per heavy atom. The molecule has 1 unspecified atom stereocenters. The van der Waals surface area contributed by atoms with Crippen LogP contribution in [0.15, 0.2) is 30.5 Å². The van der Waals surface area contributed by atoms with Crippen molar-refractivity contribution in [1.29, 1.82) is 0 Å². The van der Waals surface area contributed by atoms with E-state index in [1.165, 1.54) is 28.8 Å². The van der Waals surface area contributed by atoms with Crippen LogP contribution < -0.4 is 5.32 Å². The van der Waals surface area contributed by atoms with Crippen LogP contribution in [0.3, 0.4) is 0 Å². The number of aromatic nitrogens is 2. The van der Waals surface area contributed by atoms with Gasteiger partial charge in [0.2, 0.25) is 0 Å². The van der Waals surface area contributed by atoms with Gasteiger partial charge in [0, 0.05) is 23.8 Å². The lowest BCUT2D eigenvalue weighted by Crippen LogP contribution is -2.21. The van der Waals surface area contributed by atoms with Gasteiger partial charge in [0.05, 0.1) is 6.20 Å². The molecule has 21 heavy (non-hydrogen) atoms. The van der Waals surface area contributed by atoms with Crippen molar-refractivity contribution in [3.63, 3.8) is 0 Å². The summed E-state index contributed by atoms with van der Waals surface area (Å²) in [5.74, 6) is 0. The Kier molecular flexibility index (Phi) is 5.57. The number of nitrogens with zero attached hydrogens (tertiary/aromatic N) is 2. The highest BCUT2D eigenvalue weighted by Crippen LogP contribution is 2.27. The molecule has 1 N–H and O–H groups in total. The van der Waals surface area contributed by atoms with Crippen LogP contribution in [0.2, 0.25) is 0 Å². The van der Waals surface area contributed by atoms with E-state index in [-0.39, 0.29) is 0 Å². The second-order valence-corrected chi connectivity index (χ2v) is 5.50. The van der Waals surface area contributed by atoms with Crippen molar-refractivity contribution in [2.75, 3.05) is 6.54 Å². The summed E-state index contributed by atoms with van der Waals surface area (Å²) in [6.45, 7) is 10.7. The molecule has 2 rings (SSSR count). The summed E-state index contributed by atoms with van der Waals surface area (Å²) in [7, 11) is 0. The Labute approximate surface area is 128 Å². The Balaban J connectivity index is 2.30. The highest BCUT2D eigenvalue weighted by molar-refractivity contribution is 5.66. The first-order valence-corrected chi connectivity index (χ1v) is 8.07. The zero-order chi connectivity index (χ0) is 15.2. The van der Waals surface area contributed by atoms with Crippen LogP contribution in [0.4, 0.5) is 0 Å². The van der Waals surface area contributed by atoms with Crippen LogP contribution in [0.5, 0.6) is 0 Å². The summed E-state index contributed by atoms with van der Waals surface area (Å²) in [5.41, 5.74) is 5.11. The van der Waals surface area contributed by atoms with Crippen molar-refractivity contribution in [3.8, 4) is 11.1 Å². The third-order valence-electron chi connectivity index (χ3n) is 4.05. The fourth-order valence-electron chi connectivity index (χ4n) is 2.79. The maximum Gasteiger partial charge on any atom is 0.0571 e. The molecule has 0 amide bonds. The maximum absolute atomic E-state index is 4.46. The smallest absolute Gasteiger partial charge is 0.0571 e. The number of hydrogen-bond donors (Lipinski definition) is 1. The molecule has 1 heterocycles. The van der Waals surface area contributed by atoms with Gasteiger partial charge in [0.1, 0.15) is 0 Å². The van der Waals surface area contributed by atoms with E-state index in [2.05, 4.69) is 67.1 Å². The third-order valence-corrected chi connectivity index (χ3v) is 4.05. The third kappa shape index (κ3) is 3.53. The van der Waals surface area contributed by atoms with Gasteiger partial charge in [-0.05, 0) is 50.4 Å². The minimum atomic E-state index is 0.437. The standard InChI is InChI=1S/C18H27N3/c1-5-11-19-18(6-2)16-10-8-9-15(12-16)17-13-20-21(7-3)14(17)4/h8-10,12-13,18-19H,5-7,11H2,1-4H3. The SMILES string of the molecule is CCCNC(CC)c1cccc(-c2cnn(CC)c2C)c1. The molecule has 0 fully saturated rings. The number of nitrogens with one attached hydrogen (secondary N) is 1. The minimum absolute atomic E-state index is 0.437. The van der Waals surface area contributed by atoms with Crippen molar-refractivity contribution in [2.45, 2.75) is 53.1 Å². The van der Waals surface area contributed by atoms with Crippen molar-refractivity contribution in [2.24, 2.45) is 0 Å². The lowest BCUT2D eigenvalue weighted by molar-refractivity contribution is 0.518. The van der Waals surface area contributed by atoms with Crippen molar-refractivity contribution in [1.82, 2.24) is 15.1 Å². The van der Waals surface area contributed by atoms with Crippen LogP contribution in [-0.2, 0) is 6.54 Å². The van der Waals surface area contributed by atoms with E-state index in [0.717, 1.165) is 19.5 Å². The molecule has 0 saturated carbocycles. The lowest BCUT2D eigenvalue weighted by atomic mass is 9.98.